The Morgan fingerprint density at radius 3 is 2.94 bits per heavy atom. The molecule has 0 fully saturated rings. The Labute approximate surface area is 95.5 Å². The van der Waals surface area contributed by atoms with E-state index in [1.165, 1.54) is 0 Å². The first kappa shape index (κ1) is 10.9. The molecule has 0 aliphatic carbocycles. The minimum absolute atomic E-state index is 0.671. The highest BCUT2D eigenvalue weighted by Crippen LogP contribution is 2.24. The number of likely N-dealkylation sites (N-methyl/N-ethyl adjacent to an activating group) is 1. The average molecular weight is 216 g/mol. The van der Waals surface area contributed by atoms with Crippen molar-refractivity contribution in [2.75, 3.05) is 20.2 Å². The molecule has 1 aromatic heterocycles. The molecule has 1 heterocycles. The maximum Gasteiger partial charge on any atom is 0.130 e. The van der Waals surface area contributed by atoms with E-state index in [0.29, 0.717) is 6.61 Å². The summed E-state index contributed by atoms with van der Waals surface area (Å²) in [7, 11) is 1.92. The number of rotatable bonds is 4. The quantitative estimate of drug-likeness (QED) is 0.795. The number of nitrogens with one attached hydrogen (secondary N) is 1. The van der Waals surface area contributed by atoms with Crippen LogP contribution in [0.15, 0.2) is 30.3 Å². The van der Waals surface area contributed by atoms with Gasteiger partial charge in [0.25, 0.3) is 0 Å². The van der Waals surface area contributed by atoms with Gasteiger partial charge >= 0.3 is 0 Å². The number of para-hydroxylation sites is 1. The lowest BCUT2D eigenvalue weighted by Crippen LogP contribution is -2.16. The summed E-state index contributed by atoms with van der Waals surface area (Å²) < 4.78 is 5.74. The van der Waals surface area contributed by atoms with Crippen LogP contribution in [0.25, 0.3) is 10.9 Å². The van der Waals surface area contributed by atoms with E-state index < -0.39 is 0 Å². The molecule has 0 atom stereocenters. The van der Waals surface area contributed by atoms with Gasteiger partial charge in [0.1, 0.15) is 12.4 Å². The number of nitrogens with zero attached hydrogens (tertiary/aromatic N) is 1. The molecule has 3 nitrogen and oxygen atoms in total. The van der Waals surface area contributed by atoms with Crippen molar-refractivity contribution in [3.8, 4) is 5.75 Å². The maximum absolute atomic E-state index is 5.74. The zero-order chi connectivity index (χ0) is 11.4. The van der Waals surface area contributed by atoms with Crippen molar-refractivity contribution < 1.29 is 4.74 Å². The summed E-state index contributed by atoms with van der Waals surface area (Å²) >= 11 is 0. The predicted octanol–water partition coefficient (Wildman–Crippen LogP) is 2.14. The second-order valence-corrected chi connectivity index (χ2v) is 3.73. The van der Waals surface area contributed by atoms with Crippen LogP contribution in [0.2, 0.25) is 0 Å². The molecule has 1 aromatic carbocycles. The Balaban J connectivity index is 2.34. The third-order valence-electron chi connectivity index (χ3n) is 2.42. The summed E-state index contributed by atoms with van der Waals surface area (Å²) in [6.07, 6.45) is 0. The zero-order valence-electron chi connectivity index (χ0n) is 9.66. The number of pyridine rings is 1. The first-order valence-electron chi connectivity index (χ1n) is 5.45. The molecule has 0 unspecified atom stereocenters. The maximum atomic E-state index is 5.74. The number of hydrogen-bond donors (Lipinski definition) is 1. The minimum atomic E-state index is 0.671. The summed E-state index contributed by atoms with van der Waals surface area (Å²) in [6, 6.07) is 10.0. The number of benzene rings is 1. The van der Waals surface area contributed by atoms with Crippen LogP contribution < -0.4 is 10.1 Å². The third kappa shape index (κ3) is 2.31. The van der Waals surface area contributed by atoms with Gasteiger partial charge in [0, 0.05) is 23.7 Å². The van der Waals surface area contributed by atoms with Gasteiger partial charge in [-0.3, -0.25) is 4.98 Å². The minimum Gasteiger partial charge on any atom is -0.491 e. The van der Waals surface area contributed by atoms with Crippen LogP contribution in [0.4, 0.5) is 0 Å². The van der Waals surface area contributed by atoms with Crippen LogP contribution >= 0.6 is 0 Å². The van der Waals surface area contributed by atoms with Crippen molar-refractivity contribution >= 4 is 10.9 Å². The highest BCUT2D eigenvalue weighted by Gasteiger charge is 2.03. The van der Waals surface area contributed by atoms with E-state index in [0.717, 1.165) is 28.9 Å². The summed E-state index contributed by atoms with van der Waals surface area (Å²) in [6.45, 7) is 3.50. The van der Waals surface area contributed by atoms with Crippen molar-refractivity contribution in [3.63, 3.8) is 0 Å². The number of aryl methyl sites for hydroxylation is 1. The molecule has 0 aliphatic heterocycles. The topological polar surface area (TPSA) is 34.1 Å². The van der Waals surface area contributed by atoms with E-state index in [1.54, 1.807) is 0 Å². The molecule has 2 rings (SSSR count). The molecule has 0 amide bonds. The summed E-state index contributed by atoms with van der Waals surface area (Å²) in [4.78, 5) is 4.47. The van der Waals surface area contributed by atoms with Gasteiger partial charge in [0.05, 0.1) is 5.52 Å². The summed E-state index contributed by atoms with van der Waals surface area (Å²) in [5.74, 6) is 0.915. The Hall–Kier alpha value is -1.61. The molecule has 0 aliphatic rings. The van der Waals surface area contributed by atoms with Gasteiger partial charge in [-0.25, -0.2) is 0 Å². The van der Waals surface area contributed by atoms with Crippen molar-refractivity contribution in [3.05, 3.63) is 36.0 Å². The molecular weight excluding hydrogens is 200 g/mol. The summed E-state index contributed by atoms with van der Waals surface area (Å²) in [5, 5.41) is 4.13. The fraction of sp³-hybridized carbons (Fsp3) is 0.308. The van der Waals surface area contributed by atoms with Crippen molar-refractivity contribution in [1.82, 2.24) is 10.3 Å². The Morgan fingerprint density at radius 1 is 1.31 bits per heavy atom. The second-order valence-electron chi connectivity index (χ2n) is 3.73. The molecule has 16 heavy (non-hydrogen) atoms. The van der Waals surface area contributed by atoms with Gasteiger partial charge in [0.2, 0.25) is 0 Å². The highest BCUT2D eigenvalue weighted by molar-refractivity contribution is 5.85. The number of hydrogen-bond acceptors (Lipinski definition) is 3. The molecule has 84 valence electrons. The van der Waals surface area contributed by atoms with E-state index in [9.17, 15) is 0 Å². The van der Waals surface area contributed by atoms with Crippen molar-refractivity contribution in [2.24, 2.45) is 0 Å². The van der Waals surface area contributed by atoms with Gasteiger partial charge in [-0.1, -0.05) is 12.1 Å². The monoisotopic (exact) mass is 216 g/mol. The van der Waals surface area contributed by atoms with Gasteiger partial charge < -0.3 is 10.1 Å². The Kier molecular flexibility index (Phi) is 3.37. The van der Waals surface area contributed by atoms with Crippen LogP contribution in [-0.2, 0) is 0 Å². The van der Waals surface area contributed by atoms with E-state index in [2.05, 4.69) is 10.3 Å². The lowest BCUT2D eigenvalue weighted by molar-refractivity contribution is 0.321. The third-order valence-corrected chi connectivity index (χ3v) is 2.42. The molecule has 0 bridgehead atoms. The Bertz CT molecular complexity index is 482. The lowest BCUT2D eigenvalue weighted by atomic mass is 10.2. The predicted molar refractivity (Wildman–Crippen MR) is 65.9 cm³/mol. The van der Waals surface area contributed by atoms with Crippen LogP contribution in [0.1, 0.15) is 5.69 Å². The van der Waals surface area contributed by atoms with E-state index in [1.807, 2.05) is 44.3 Å². The van der Waals surface area contributed by atoms with E-state index in [4.69, 9.17) is 4.74 Å². The standard InChI is InChI=1S/C13H16N2O/c1-10-9-13(16-8-7-14-2)11-5-3-4-6-12(11)15-10/h3-6,9,14H,7-8H2,1-2H3. The lowest BCUT2D eigenvalue weighted by Gasteiger charge is -2.09. The highest BCUT2D eigenvalue weighted by atomic mass is 16.5. The first-order chi connectivity index (χ1) is 7.81. The van der Waals surface area contributed by atoms with E-state index in [-0.39, 0.29) is 0 Å². The fourth-order valence-corrected chi connectivity index (χ4v) is 1.65. The fourth-order valence-electron chi connectivity index (χ4n) is 1.65. The number of aromatic nitrogens is 1. The van der Waals surface area contributed by atoms with Crippen LogP contribution in [0, 0.1) is 6.92 Å². The summed E-state index contributed by atoms with van der Waals surface area (Å²) in [5.41, 5.74) is 1.97. The van der Waals surface area contributed by atoms with Gasteiger partial charge in [-0.15, -0.1) is 0 Å². The van der Waals surface area contributed by atoms with Crippen LogP contribution in [0.5, 0.6) is 5.75 Å². The zero-order valence-corrected chi connectivity index (χ0v) is 9.66. The van der Waals surface area contributed by atoms with Crippen molar-refractivity contribution in [2.45, 2.75) is 6.92 Å². The number of ether oxygens (including phenoxy) is 1. The van der Waals surface area contributed by atoms with E-state index >= 15 is 0 Å². The molecule has 1 N–H and O–H groups in total. The SMILES string of the molecule is CNCCOc1cc(C)nc2ccccc12. The largest absolute Gasteiger partial charge is 0.491 e. The molecule has 2 aromatic rings. The number of fused-ring (bicyclic) bond motifs is 1. The molecule has 0 radical (unpaired) electrons. The smallest absolute Gasteiger partial charge is 0.130 e. The molecule has 0 saturated heterocycles. The molecule has 3 heteroatoms. The Morgan fingerprint density at radius 2 is 2.12 bits per heavy atom. The normalized spacial score (nSPS) is 10.6. The van der Waals surface area contributed by atoms with Crippen LogP contribution in [-0.4, -0.2) is 25.2 Å². The molecular formula is C13H16N2O. The van der Waals surface area contributed by atoms with Gasteiger partial charge in [-0.05, 0) is 26.1 Å². The van der Waals surface area contributed by atoms with Crippen LogP contribution in [0.3, 0.4) is 0 Å². The average Bonchev–Trinajstić information content (AvgIpc) is 2.29. The van der Waals surface area contributed by atoms with Gasteiger partial charge in [-0.2, -0.15) is 0 Å². The molecule has 0 spiro atoms. The van der Waals surface area contributed by atoms with Crippen molar-refractivity contribution in [1.29, 1.82) is 0 Å². The van der Waals surface area contributed by atoms with Gasteiger partial charge in [0.15, 0.2) is 0 Å². The molecule has 0 saturated carbocycles. The second kappa shape index (κ2) is 4.94. The first-order valence-corrected chi connectivity index (χ1v) is 5.45.